The van der Waals surface area contributed by atoms with Crippen molar-refractivity contribution in [2.45, 2.75) is 6.42 Å². The van der Waals surface area contributed by atoms with Crippen molar-refractivity contribution in [2.75, 3.05) is 16.8 Å². The molecule has 3 aromatic rings. The Bertz CT molecular complexity index is 953. The van der Waals surface area contributed by atoms with E-state index in [2.05, 4.69) is 21.3 Å². The molecule has 130 valence electrons. The summed E-state index contributed by atoms with van der Waals surface area (Å²) < 4.78 is 27.3. The Hall–Kier alpha value is -3.28. The summed E-state index contributed by atoms with van der Waals surface area (Å²) in [6.07, 6.45) is 2.54. The minimum Gasteiger partial charge on any atom is -0.340 e. The molecule has 1 aliphatic rings. The van der Waals surface area contributed by atoms with Crippen LogP contribution < -0.4 is 10.2 Å². The highest BCUT2D eigenvalue weighted by atomic mass is 19.1. The van der Waals surface area contributed by atoms with E-state index in [0.29, 0.717) is 0 Å². The Morgan fingerprint density at radius 1 is 1.00 bits per heavy atom. The van der Waals surface area contributed by atoms with Gasteiger partial charge in [-0.15, -0.1) is 0 Å². The van der Waals surface area contributed by atoms with Gasteiger partial charge in [0.15, 0.2) is 0 Å². The molecule has 2 heterocycles. The minimum absolute atomic E-state index is 0.0869. The van der Waals surface area contributed by atoms with Crippen molar-refractivity contribution in [3.8, 4) is 0 Å². The zero-order valence-electron chi connectivity index (χ0n) is 13.7. The summed E-state index contributed by atoms with van der Waals surface area (Å²) in [6.45, 7) is 0.840. The van der Waals surface area contributed by atoms with Crippen LogP contribution in [-0.4, -0.2) is 17.4 Å². The van der Waals surface area contributed by atoms with Crippen LogP contribution in [0.5, 0.6) is 0 Å². The number of nitrogens with one attached hydrogen (secondary N) is 1. The van der Waals surface area contributed by atoms with Crippen molar-refractivity contribution in [3.05, 3.63) is 83.7 Å². The maximum Gasteiger partial charge on any atom is 0.274 e. The van der Waals surface area contributed by atoms with Gasteiger partial charge in [0, 0.05) is 12.2 Å². The van der Waals surface area contributed by atoms with Gasteiger partial charge in [0.25, 0.3) is 5.91 Å². The van der Waals surface area contributed by atoms with Crippen LogP contribution in [0.4, 0.5) is 25.8 Å². The van der Waals surface area contributed by atoms with Gasteiger partial charge >= 0.3 is 0 Å². The number of para-hydroxylation sites is 2. The first-order valence-corrected chi connectivity index (χ1v) is 8.20. The van der Waals surface area contributed by atoms with Gasteiger partial charge in [0.1, 0.15) is 23.0 Å². The van der Waals surface area contributed by atoms with Gasteiger partial charge in [0.05, 0.1) is 11.9 Å². The number of rotatable bonds is 3. The maximum atomic E-state index is 13.7. The van der Waals surface area contributed by atoms with Crippen LogP contribution in [0, 0.1) is 11.6 Å². The SMILES string of the molecule is O=C(Nc1c(F)cccc1F)c1ccc(N2CCc3ccccc32)cn1. The molecular formula is C20H15F2N3O. The van der Waals surface area contributed by atoms with Gasteiger partial charge in [0.2, 0.25) is 0 Å². The second-order valence-corrected chi connectivity index (χ2v) is 5.98. The van der Waals surface area contributed by atoms with Crippen molar-refractivity contribution in [1.82, 2.24) is 4.98 Å². The fourth-order valence-corrected chi connectivity index (χ4v) is 3.08. The molecule has 1 aliphatic heterocycles. The van der Waals surface area contributed by atoms with Crippen LogP contribution in [0.25, 0.3) is 0 Å². The smallest absolute Gasteiger partial charge is 0.274 e. The first-order valence-electron chi connectivity index (χ1n) is 8.20. The predicted molar refractivity (Wildman–Crippen MR) is 95.7 cm³/mol. The van der Waals surface area contributed by atoms with Crippen molar-refractivity contribution in [3.63, 3.8) is 0 Å². The first-order chi connectivity index (χ1) is 12.6. The first kappa shape index (κ1) is 16.2. The van der Waals surface area contributed by atoms with E-state index in [1.807, 2.05) is 18.2 Å². The van der Waals surface area contributed by atoms with E-state index in [0.717, 1.165) is 36.5 Å². The second kappa shape index (κ2) is 6.55. The van der Waals surface area contributed by atoms with Gasteiger partial charge < -0.3 is 10.2 Å². The number of halogens is 2. The molecule has 0 atom stereocenters. The number of nitrogens with zero attached hydrogens (tertiary/aromatic N) is 2. The molecule has 1 aromatic heterocycles. The Balaban J connectivity index is 1.54. The van der Waals surface area contributed by atoms with Gasteiger partial charge in [-0.05, 0) is 42.3 Å². The molecule has 4 nitrogen and oxygen atoms in total. The Morgan fingerprint density at radius 3 is 2.50 bits per heavy atom. The average molecular weight is 351 g/mol. The maximum absolute atomic E-state index is 13.7. The van der Waals surface area contributed by atoms with Crippen molar-refractivity contribution in [1.29, 1.82) is 0 Å². The topological polar surface area (TPSA) is 45.2 Å². The summed E-state index contributed by atoms with van der Waals surface area (Å²) >= 11 is 0. The number of carbonyl (C=O) groups excluding carboxylic acids is 1. The summed E-state index contributed by atoms with van der Waals surface area (Å²) in [7, 11) is 0. The zero-order chi connectivity index (χ0) is 18.1. The highest BCUT2D eigenvalue weighted by Gasteiger charge is 2.20. The quantitative estimate of drug-likeness (QED) is 0.765. The number of hydrogen-bond acceptors (Lipinski definition) is 3. The van der Waals surface area contributed by atoms with E-state index in [1.165, 1.54) is 11.6 Å². The van der Waals surface area contributed by atoms with Crippen LogP contribution in [0.2, 0.25) is 0 Å². The lowest BCUT2D eigenvalue weighted by Gasteiger charge is -2.19. The number of benzene rings is 2. The third kappa shape index (κ3) is 2.90. The molecular weight excluding hydrogens is 336 g/mol. The number of carbonyl (C=O) groups is 1. The third-order valence-corrected chi connectivity index (χ3v) is 4.38. The largest absolute Gasteiger partial charge is 0.340 e. The molecule has 26 heavy (non-hydrogen) atoms. The van der Waals surface area contributed by atoms with Gasteiger partial charge in [-0.25, -0.2) is 13.8 Å². The van der Waals surface area contributed by atoms with Gasteiger partial charge in [-0.2, -0.15) is 0 Å². The molecule has 0 radical (unpaired) electrons. The molecule has 0 spiro atoms. The van der Waals surface area contributed by atoms with E-state index in [4.69, 9.17) is 0 Å². The van der Waals surface area contributed by atoms with Crippen molar-refractivity contribution >= 4 is 23.0 Å². The molecule has 2 aromatic carbocycles. The van der Waals surface area contributed by atoms with Gasteiger partial charge in [-0.3, -0.25) is 4.79 Å². The van der Waals surface area contributed by atoms with Crippen LogP contribution in [-0.2, 0) is 6.42 Å². The van der Waals surface area contributed by atoms with Crippen LogP contribution in [0.1, 0.15) is 16.1 Å². The molecule has 1 amide bonds. The molecule has 6 heteroatoms. The van der Waals surface area contributed by atoms with Crippen LogP contribution in [0.3, 0.4) is 0 Å². The standard InChI is InChI=1S/C20H15F2N3O/c21-15-5-3-6-16(22)19(15)24-20(26)17-9-8-14(12-23-17)25-11-10-13-4-1-2-7-18(13)25/h1-9,12H,10-11H2,(H,24,26). The number of pyridine rings is 1. The number of anilines is 3. The van der Waals surface area contributed by atoms with E-state index in [9.17, 15) is 13.6 Å². The third-order valence-electron chi connectivity index (χ3n) is 4.38. The van der Waals surface area contributed by atoms with Gasteiger partial charge in [-0.1, -0.05) is 24.3 Å². The fourth-order valence-electron chi connectivity index (χ4n) is 3.08. The minimum atomic E-state index is -0.830. The lowest BCUT2D eigenvalue weighted by molar-refractivity contribution is 0.102. The van der Waals surface area contributed by atoms with Crippen molar-refractivity contribution in [2.24, 2.45) is 0 Å². The highest BCUT2D eigenvalue weighted by Crippen LogP contribution is 2.33. The average Bonchev–Trinajstić information content (AvgIpc) is 3.09. The Labute approximate surface area is 149 Å². The molecule has 0 saturated heterocycles. The Kier molecular flexibility index (Phi) is 4.08. The molecule has 0 aliphatic carbocycles. The number of amides is 1. The molecule has 1 N–H and O–H groups in total. The van der Waals surface area contributed by atoms with Crippen LogP contribution in [0.15, 0.2) is 60.8 Å². The molecule has 0 saturated carbocycles. The summed E-state index contributed by atoms with van der Waals surface area (Å²) in [5.74, 6) is -2.32. The lowest BCUT2D eigenvalue weighted by atomic mass is 10.2. The number of hydrogen-bond donors (Lipinski definition) is 1. The molecule has 4 rings (SSSR count). The van der Waals surface area contributed by atoms with Crippen molar-refractivity contribution < 1.29 is 13.6 Å². The lowest BCUT2D eigenvalue weighted by Crippen LogP contribution is -2.17. The second-order valence-electron chi connectivity index (χ2n) is 5.98. The summed E-state index contributed by atoms with van der Waals surface area (Å²) in [4.78, 5) is 18.5. The van der Waals surface area contributed by atoms with Crippen LogP contribution >= 0.6 is 0 Å². The number of aromatic nitrogens is 1. The normalized spacial score (nSPS) is 12.8. The summed E-state index contributed by atoms with van der Waals surface area (Å²) in [5.41, 5.74) is 2.87. The van der Waals surface area contributed by atoms with E-state index < -0.39 is 23.2 Å². The fraction of sp³-hybridized carbons (Fsp3) is 0.100. The van der Waals surface area contributed by atoms with E-state index in [-0.39, 0.29) is 5.69 Å². The highest BCUT2D eigenvalue weighted by molar-refractivity contribution is 6.03. The predicted octanol–water partition coefficient (Wildman–Crippen LogP) is 4.31. The Morgan fingerprint density at radius 2 is 1.77 bits per heavy atom. The number of fused-ring (bicyclic) bond motifs is 1. The molecule has 0 bridgehead atoms. The monoisotopic (exact) mass is 351 g/mol. The molecule has 0 unspecified atom stereocenters. The van der Waals surface area contributed by atoms with E-state index >= 15 is 0 Å². The summed E-state index contributed by atoms with van der Waals surface area (Å²) in [5, 5.41) is 2.23. The van der Waals surface area contributed by atoms with E-state index in [1.54, 1.807) is 18.3 Å². The molecule has 0 fully saturated rings. The summed E-state index contributed by atoms with van der Waals surface area (Å²) in [6, 6.07) is 14.9. The zero-order valence-corrected chi connectivity index (χ0v) is 13.7.